The highest BCUT2D eigenvalue weighted by atomic mass is 19.2. The maximum atomic E-state index is 14.6. The van der Waals surface area contributed by atoms with Crippen molar-refractivity contribution in [3.8, 4) is 5.75 Å². The molecule has 0 amide bonds. The van der Waals surface area contributed by atoms with Crippen molar-refractivity contribution in [2.75, 3.05) is 13.2 Å². The van der Waals surface area contributed by atoms with Crippen LogP contribution in [0.5, 0.6) is 5.75 Å². The minimum absolute atomic E-state index is 0.0144. The maximum absolute atomic E-state index is 14.6. The molecule has 0 spiro atoms. The van der Waals surface area contributed by atoms with Gasteiger partial charge in [-0.05, 0) is 112 Å². The third-order valence-electron chi connectivity index (χ3n) is 8.28. The second-order valence-electron chi connectivity index (χ2n) is 9.95. The fraction of sp³-hybridized carbons (Fsp3) is 0.704. The summed E-state index contributed by atoms with van der Waals surface area (Å²) in [5, 5.41) is 0. The fourth-order valence-electron chi connectivity index (χ4n) is 6.32. The summed E-state index contributed by atoms with van der Waals surface area (Å²) in [6, 6.07) is 3.30. The van der Waals surface area contributed by atoms with Crippen LogP contribution in [0, 0.1) is 35.3 Å². The second kappa shape index (κ2) is 10.5. The second-order valence-corrected chi connectivity index (χ2v) is 9.95. The number of benzene rings is 1. The SMILES string of the molecule is C=CC1CCC(C2CCC(C3CCC(c4ccc(OCC)c(F)c4F)CC3)OC2)CC1. The van der Waals surface area contributed by atoms with Gasteiger partial charge in [-0.2, -0.15) is 4.39 Å². The Kier molecular flexibility index (Phi) is 7.68. The van der Waals surface area contributed by atoms with E-state index in [9.17, 15) is 8.78 Å². The van der Waals surface area contributed by atoms with Crippen LogP contribution in [-0.2, 0) is 4.74 Å². The van der Waals surface area contributed by atoms with Gasteiger partial charge in [-0.3, -0.25) is 0 Å². The number of allylic oxidation sites excluding steroid dienone is 1. The third kappa shape index (κ3) is 5.16. The van der Waals surface area contributed by atoms with E-state index in [1.165, 1.54) is 32.1 Å². The molecule has 2 unspecified atom stereocenters. The first kappa shape index (κ1) is 22.8. The molecule has 3 aliphatic rings. The molecule has 172 valence electrons. The number of halogens is 2. The minimum atomic E-state index is -0.842. The monoisotopic (exact) mass is 432 g/mol. The maximum Gasteiger partial charge on any atom is 0.200 e. The van der Waals surface area contributed by atoms with Crippen molar-refractivity contribution in [3.05, 3.63) is 42.0 Å². The predicted octanol–water partition coefficient (Wildman–Crippen LogP) is 7.42. The Morgan fingerprint density at radius 3 is 2.19 bits per heavy atom. The van der Waals surface area contributed by atoms with Gasteiger partial charge in [-0.25, -0.2) is 4.39 Å². The van der Waals surface area contributed by atoms with Crippen molar-refractivity contribution in [1.82, 2.24) is 0 Å². The molecule has 0 radical (unpaired) electrons. The molecule has 1 heterocycles. The van der Waals surface area contributed by atoms with Gasteiger partial charge in [-0.1, -0.05) is 12.1 Å². The van der Waals surface area contributed by atoms with Crippen molar-refractivity contribution >= 4 is 0 Å². The van der Waals surface area contributed by atoms with Gasteiger partial charge in [-0.15, -0.1) is 6.58 Å². The van der Waals surface area contributed by atoms with Gasteiger partial charge in [0.2, 0.25) is 5.82 Å². The van der Waals surface area contributed by atoms with E-state index < -0.39 is 11.6 Å². The molecule has 1 aromatic rings. The molecular formula is C27H38F2O2. The zero-order valence-electron chi connectivity index (χ0n) is 19.0. The number of rotatable bonds is 6. The Morgan fingerprint density at radius 1 is 0.903 bits per heavy atom. The molecule has 0 aromatic heterocycles. The molecule has 4 rings (SSSR count). The van der Waals surface area contributed by atoms with E-state index in [2.05, 4.69) is 12.7 Å². The third-order valence-corrected chi connectivity index (χ3v) is 8.28. The van der Waals surface area contributed by atoms with Crippen LogP contribution in [0.4, 0.5) is 8.78 Å². The minimum Gasteiger partial charge on any atom is -0.491 e. The smallest absolute Gasteiger partial charge is 0.200 e. The summed E-state index contributed by atoms with van der Waals surface area (Å²) in [6.45, 7) is 6.97. The summed E-state index contributed by atoms with van der Waals surface area (Å²) in [4.78, 5) is 0. The summed E-state index contributed by atoms with van der Waals surface area (Å²) in [7, 11) is 0. The van der Waals surface area contributed by atoms with Gasteiger partial charge >= 0.3 is 0 Å². The average molecular weight is 433 g/mol. The Morgan fingerprint density at radius 2 is 1.58 bits per heavy atom. The highest BCUT2D eigenvalue weighted by Crippen LogP contribution is 2.43. The summed E-state index contributed by atoms with van der Waals surface area (Å²) in [6.07, 6.45) is 14.1. The first-order chi connectivity index (χ1) is 15.1. The van der Waals surface area contributed by atoms with Crippen LogP contribution < -0.4 is 4.74 Å². The normalized spacial score (nSPS) is 34.3. The lowest BCUT2D eigenvalue weighted by Gasteiger charge is -2.41. The lowest BCUT2D eigenvalue weighted by Crippen LogP contribution is -2.37. The molecule has 31 heavy (non-hydrogen) atoms. The fourth-order valence-corrected chi connectivity index (χ4v) is 6.32. The van der Waals surface area contributed by atoms with E-state index in [0.717, 1.165) is 56.5 Å². The Hall–Kier alpha value is -1.42. The molecule has 2 saturated carbocycles. The van der Waals surface area contributed by atoms with Crippen molar-refractivity contribution in [1.29, 1.82) is 0 Å². The molecule has 0 N–H and O–H groups in total. The lowest BCUT2D eigenvalue weighted by atomic mass is 9.71. The quantitative estimate of drug-likeness (QED) is 0.435. The zero-order valence-corrected chi connectivity index (χ0v) is 19.0. The van der Waals surface area contributed by atoms with Crippen LogP contribution >= 0.6 is 0 Å². The van der Waals surface area contributed by atoms with E-state index in [0.29, 0.717) is 24.2 Å². The van der Waals surface area contributed by atoms with Crippen LogP contribution in [0.15, 0.2) is 24.8 Å². The van der Waals surface area contributed by atoms with E-state index in [1.807, 2.05) is 0 Å². The van der Waals surface area contributed by atoms with Crippen molar-refractivity contribution in [2.45, 2.75) is 83.2 Å². The molecule has 4 heteroatoms. The van der Waals surface area contributed by atoms with Crippen LogP contribution in [-0.4, -0.2) is 19.3 Å². The molecule has 2 nitrogen and oxygen atoms in total. The highest BCUT2D eigenvalue weighted by Gasteiger charge is 2.36. The molecule has 2 aliphatic carbocycles. The van der Waals surface area contributed by atoms with Crippen LogP contribution in [0.3, 0.4) is 0 Å². The van der Waals surface area contributed by atoms with E-state index in [-0.39, 0.29) is 11.7 Å². The molecule has 3 fully saturated rings. The first-order valence-electron chi connectivity index (χ1n) is 12.5. The van der Waals surface area contributed by atoms with Gasteiger partial charge in [0.1, 0.15) is 0 Å². The van der Waals surface area contributed by atoms with E-state index in [1.54, 1.807) is 19.1 Å². The standard InChI is InChI=1S/C27H38F2O2/c1-3-18-5-7-19(8-6-18)22-13-15-24(31-17-22)21-11-9-20(10-12-21)23-14-16-25(30-4-2)27(29)26(23)28/h3,14,16,18-22,24H,1,4-13,15,17H2,2H3. The Labute approximate surface area is 186 Å². The number of hydrogen-bond donors (Lipinski definition) is 0. The molecule has 0 bridgehead atoms. The largest absolute Gasteiger partial charge is 0.491 e. The first-order valence-corrected chi connectivity index (χ1v) is 12.5. The van der Waals surface area contributed by atoms with Gasteiger partial charge in [0, 0.05) is 0 Å². The van der Waals surface area contributed by atoms with Gasteiger partial charge in [0.15, 0.2) is 11.6 Å². The Bertz CT molecular complexity index is 725. The van der Waals surface area contributed by atoms with Crippen molar-refractivity contribution < 1.29 is 18.3 Å². The summed E-state index contributed by atoms with van der Waals surface area (Å²) in [5.41, 5.74) is 0.513. The number of hydrogen-bond acceptors (Lipinski definition) is 2. The van der Waals surface area contributed by atoms with Crippen LogP contribution in [0.2, 0.25) is 0 Å². The van der Waals surface area contributed by atoms with E-state index in [4.69, 9.17) is 9.47 Å². The topological polar surface area (TPSA) is 18.5 Å². The van der Waals surface area contributed by atoms with Crippen LogP contribution in [0.25, 0.3) is 0 Å². The number of ether oxygens (including phenoxy) is 2. The molecule has 1 aromatic carbocycles. The van der Waals surface area contributed by atoms with Crippen LogP contribution in [0.1, 0.15) is 82.6 Å². The molecule has 1 aliphatic heterocycles. The summed E-state index contributed by atoms with van der Waals surface area (Å²) >= 11 is 0. The van der Waals surface area contributed by atoms with Crippen molar-refractivity contribution in [3.63, 3.8) is 0 Å². The predicted molar refractivity (Wildman–Crippen MR) is 120 cm³/mol. The summed E-state index contributed by atoms with van der Waals surface area (Å²) in [5.74, 6) is 1.37. The molecule has 1 saturated heterocycles. The molecular weight excluding hydrogens is 394 g/mol. The van der Waals surface area contributed by atoms with E-state index >= 15 is 0 Å². The summed E-state index contributed by atoms with van der Waals surface area (Å²) < 4.78 is 40.5. The van der Waals surface area contributed by atoms with Gasteiger partial charge < -0.3 is 9.47 Å². The zero-order chi connectivity index (χ0) is 21.8. The van der Waals surface area contributed by atoms with Gasteiger partial charge in [0.05, 0.1) is 19.3 Å². The van der Waals surface area contributed by atoms with Crippen molar-refractivity contribution in [2.24, 2.45) is 23.7 Å². The highest BCUT2D eigenvalue weighted by molar-refractivity contribution is 5.33. The average Bonchev–Trinajstić information content (AvgIpc) is 2.83. The lowest BCUT2D eigenvalue weighted by molar-refractivity contribution is -0.0719. The molecule has 2 atom stereocenters. The Balaban J connectivity index is 1.26. The van der Waals surface area contributed by atoms with Gasteiger partial charge in [0.25, 0.3) is 0 Å².